The first kappa shape index (κ1) is 20.7. The van der Waals surface area contributed by atoms with Crippen molar-refractivity contribution in [1.82, 2.24) is 14.6 Å². The molecule has 0 unspecified atom stereocenters. The molecule has 11 heteroatoms. The van der Waals surface area contributed by atoms with Gasteiger partial charge in [0.2, 0.25) is 0 Å². The number of hydrogen-bond donors (Lipinski definition) is 2. The second-order valence-electron chi connectivity index (χ2n) is 6.82. The molecule has 0 spiro atoms. The Labute approximate surface area is 175 Å². The molecule has 3 N–H and O–H groups in total. The number of sulfonamides is 1. The minimum atomic E-state index is -4.54. The fraction of sp³-hybridized carbons (Fsp3) is 0.100. The van der Waals surface area contributed by atoms with E-state index in [9.17, 15) is 21.6 Å². The molecule has 4 aromatic rings. The van der Waals surface area contributed by atoms with E-state index in [1.165, 1.54) is 10.6 Å². The van der Waals surface area contributed by atoms with E-state index in [0.29, 0.717) is 22.6 Å². The molecule has 0 radical (unpaired) electrons. The van der Waals surface area contributed by atoms with Crippen molar-refractivity contribution in [3.05, 3.63) is 72.1 Å². The van der Waals surface area contributed by atoms with Gasteiger partial charge in [0.05, 0.1) is 16.7 Å². The van der Waals surface area contributed by atoms with Crippen molar-refractivity contribution in [2.24, 2.45) is 0 Å². The number of nitrogens with one attached hydrogen (secondary N) is 1. The Balaban J connectivity index is 1.62. The molecule has 2 aromatic heterocycles. The molecule has 2 aromatic carbocycles. The normalized spacial score (nSPS) is 12.3. The second-order valence-corrected chi connectivity index (χ2v) is 8.50. The van der Waals surface area contributed by atoms with E-state index in [4.69, 9.17) is 5.73 Å². The van der Waals surface area contributed by atoms with Crippen molar-refractivity contribution in [1.29, 1.82) is 0 Å². The highest BCUT2D eigenvalue weighted by Crippen LogP contribution is 2.32. The van der Waals surface area contributed by atoms with E-state index in [1.807, 2.05) is 0 Å². The Morgan fingerprint density at radius 3 is 2.39 bits per heavy atom. The van der Waals surface area contributed by atoms with Gasteiger partial charge in [-0.1, -0.05) is 6.07 Å². The lowest BCUT2D eigenvalue weighted by molar-refractivity contribution is -0.137. The maximum Gasteiger partial charge on any atom is 0.416 e. The largest absolute Gasteiger partial charge is 0.416 e. The number of hydrogen-bond acceptors (Lipinski definition) is 5. The van der Waals surface area contributed by atoms with Crippen LogP contribution < -0.4 is 10.5 Å². The zero-order valence-electron chi connectivity index (χ0n) is 16.1. The Kier molecular flexibility index (Phi) is 4.85. The van der Waals surface area contributed by atoms with E-state index in [1.54, 1.807) is 37.5 Å². The highest BCUT2D eigenvalue weighted by atomic mass is 32.2. The van der Waals surface area contributed by atoms with Crippen LogP contribution in [0.5, 0.6) is 0 Å². The number of nitrogen functional groups attached to an aromatic ring is 1. The van der Waals surface area contributed by atoms with Gasteiger partial charge in [0.15, 0.2) is 5.65 Å². The van der Waals surface area contributed by atoms with Crippen LogP contribution in [-0.2, 0) is 16.2 Å². The molecule has 0 bridgehead atoms. The molecule has 0 atom stereocenters. The first-order valence-corrected chi connectivity index (χ1v) is 10.4. The average molecular weight is 447 g/mol. The number of nitrogens with zero attached hydrogens (tertiary/aromatic N) is 3. The predicted molar refractivity (Wildman–Crippen MR) is 110 cm³/mol. The summed E-state index contributed by atoms with van der Waals surface area (Å²) < 4.78 is 67.1. The summed E-state index contributed by atoms with van der Waals surface area (Å²) in [7, 11) is -4.07. The number of halogens is 3. The minimum Gasteiger partial charge on any atom is -0.383 e. The summed E-state index contributed by atoms with van der Waals surface area (Å²) in [5.41, 5.74) is 8.20. The smallest absolute Gasteiger partial charge is 0.383 e. The summed E-state index contributed by atoms with van der Waals surface area (Å²) >= 11 is 0. The predicted octanol–water partition coefficient (Wildman–Crippen LogP) is 4.11. The number of rotatable bonds is 4. The third-order valence-electron chi connectivity index (χ3n) is 4.71. The quantitative estimate of drug-likeness (QED) is 0.490. The summed E-state index contributed by atoms with van der Waals surface area (Å²) in [4.78, 5) is 4.02. The van der Waals surface area contributed by atoms with E-state index in [0.717, 1.165) is 29.8 Å². The zero-order chi connectivity index (χ0) is 22.4. The van der Waals surface area contributed by atoms with Crippen LogP contribution in [0.25, 0.3) is 16.8 Å². The van der Waals surface area contributed by atoms with Gasteiger partial charge in [-0.2, -0.15) is 22.8 Å². The van der Waals surface area contributed by atoms with Crippen LogP contribution in [0.4, 0.5) is 24.7 Å². The SMILES string of the molecule is Cc1cc(NS(=O)(=O)c2ccc(C(F)(F)F)cc2)ccc1-c1cnc2ccnn2c1N. The van der Waals surface area contributed by atoms with Crippen LogP contribution in [0.3, 0.4) is 0 Å². The molecule has 2 heterocycles. The zero-order valence-corrected chi connectivity index (χ0v) is 16.9. The van der Waals surface area contributed by atoms with Gasteiger partial charge in [-0.3, -0.25) is 4.72 Å². The summed E-state index contributed by atoms with van der Waals surface area (Å²) in [5, 5.41) is 4.12. The van der Waals surface area contributed by atoms with Gasteiger partial charge in [0.1, 0.15) is 5.82 Å². The van der Waals surface area contributed by atoms with E-state index < -0.39 is 21.8 Å². The fourth-order valence-electron chi connectivity index (χ4n) is 3.16. The van der Waals surface area contributed by atoms with Crippen LogP contribution in [-0.4, -0.2) is 23.0 Å². The molecule has 160 valence electrons. The monoisotopic (exact) mass is 447 g/mol. The molecular weight excluding hydrogens is 431 g/mol. The van der Waals surface area contributed by atoms with Gasteiger partial charge >= 0.3 is 6.18 Å². The van der Waals surface area contributed by atoms with E-state index >= 15 is 0 Å². The number of aromatic nitrogens is 3. The highest BCUT2D eigenvalue weighted by Gasteiger charge is 2.30. The molecule has 0 aliphatic carbocycles. The highest BCUT2D eigenvalue weighted by molar-refractivity contribution is 7.92. The standard InChI is InChI=1S/C20H16F3N5O2S/c1-12-10-14(27-31(29,30)15-5-2-13(3-6-15)20(21,22)23)4-7-16(12)17-11-25-18-8-9-26-28(18)19(17)24/h2-11,27H,24H2,1H3. The maximum atomic E-state index is 12.7. The van der Waals surface area contributed by atoms with Gasteiger partial charge in [-0.25, -0.2) is 13.4 Å². The Morgan fingerprint density at radius 2 is 1.74 bits per heavy atom. The molecule has 4 rings (SSSR count). The van der Waals surface area contributed by atoms with Gasteiger partial charge in [-0.05, 0) is 54.4 Å². The lowest BCUT2D eigenvalue weighted by atomic mass is 10.0. The van der Waals surface area contributed by atoms with Crippen molar-refractivity contribution >= 4 is 27.2 Å². The molecular formula is C20H16F3N5O2S. The number of alkyl halides is 3. The lowest BCUT2D eigenvalue weighted by Gasteiger charge is -2.13. The molecule has 0 aliphatic rings. The van der Waals surface area contributed by atoms with Crippen LogP contribution in [0.15, 0.2) is 65.8 Å². The van der Waals surface area contributed by atoms with Crippen LogP contribution in [0.1, 0.15) is 11.1 Å². The molecule has 0 saturated heterocycles. The summed E-state index contributed by atoms with van der Waals surface area (Å²) in [6, 6.07) is 9.82. The fourth-order valence-corrected chi connectivity index (χ4v) is 4.21. The number of aryl methyl sites for hydroxylation is 1. The third kappa shape index (κ3) is 3.91. The molecule has 0 amide bonds. The van der Waals surface area contributed by atoms with Crippen LogP contribution in [0.2, 0.25) is 0 Å². The van der Waals surface area contributed by atoms with Gasteiger partial charge < -0.3 is 5.73 Å². The molecule has 7 nitrogen and oxygen atoms in total. The van der Waals surface area contributed by atoms with Crippen LogP contribution >= 0.6 is 0 Å². The van der Waals surface area contributed by atoms with Crippen molar-refractivity contribution in [3.8, 4) is 11.1 Å². The number of anilines is 2. The van der Waals surface area contributed by atoms with Crippen molar-refractivity contribution < 1.29 is 21.6 Å². The van der Waals surface area contributed by atoms with Gasteiger partial charge in [0, 0.05) is 23.5 Å². The summed E-state index contributed by atoms with van der Waals surface area (Å²) in [5.74, 6) is 0.385. The van der Waals surface area contributed by atoms with Crippen molar-refractivity contribution in [2.45, 2.75) is 18.0 Å². The number of fused-ring (bicyclic) bond motifs is 1. The van der Waals surface area contributed by atoms with Crippen LogP contribution in [0, 0.1) is 6.92 Å². The Bertz CT molecular complexity index is 1380. The summed E-state index contributed by atoms with van der Waals surface area (Å²) in [6.45, 7) is 1.78. The topological polar surface area (TPSA) is 102 Å². The first-order valence-electron chi connectivity index (χ1n) is 8.95. The Hall–Kier alpha value is -3.60. The molecule has 0 aliphatic heterocycles. The van der Waals surface area contributed by atoms with Gasteiger partial charge in [0.25, 0.3) is 10.0 Å². The summed E-state index contributed by atoms with van der Waals surface area (Å²) in [6.07, 6.45) is -1.35. The second kappa shape index (κ2) is 7.27. The van der Waals surface area contributed by atoms with E-state index in [2.05, 4.69) is 14.8 Å². The average Bonchev–Trinajstić information content (AvgIpc) is 3.18. The minimum absolute atomic E-state index is 0.257. The van der Waals surface area contributed by atoms with Crippen molar-refractivity contribution in [2.75, 3.05) is 10.5 Å². The van der Waals surface area contributed by atoms with Gasteiger partial charge in [-0.15, -0.1) is 0 Å². The third-order valence-corrected chi connectivity index (χ3v) is 6.11. The maximum absolute atomic E-state index is 12.7. The lowest BCUT2D eigenvalue weighted by Crippen LogP contribution is -2.14. The molecule has 0 fully saturated rings. The van der Waals surface area contributed by atoms with E-state index in [-0.39, 0.29) is 10.6 Å². The number of benzene rings is 2. The Morgan fingerprint density at radius 1 is 1.03 bits per heavy atom. The molecule has 0 saturated carbocycles. The number of nitrogens with two attached hydrogens (primary N) is 1. The first-order chi connectivity index (χ1) is 14.6. The molecule has 31 heavy (non-hydrogen) atoms. The van der Waals surface area contributed by atoms with Crippen molar-refractivity contribution in [3.63, 3.8) is 0 Å².